The van der Waals surface area contributed by atoms with Gasteiger partial charge in [-0.15, -0.1) is 26.3 Å². The second kappa shape index (κ2) is 17.1. The molecule has 316 valence electrons. The predicted molar refractivity (Wildman–Crippen MR) is 253 cm³/mol. The fraction of sp³-hybridized carbons (Fsp3) is 0.357. The van der Waals surface area contributed by atoms with E-state index in [-0.39, 0.29) is 24.3 Å². The Bertz CT molecular complexity index is 2450. The first kappa shape index (κ1) is 40.8. The average Bonchev–Trinajstić information content (AvgIpc) is 3.32. The molecular weight excluding hydrogens is 761 g/mol. The minimum atomic E-state index is -0.1000. The van der Waals surface area contributed by atoms with E-state index >= 15 is 0 Å². The van der Waals surface area contributed by atoms with E-state index in [1.165, 1.54) is 56.6 Å². The zero-order valence-electron chi connectivity index (χ0n) is 36.2. The minimum absolute atomic E-state index is 0.1000. The number of nitrogens with zero attached hydrogens (tertiary/aromatic N) is 4. The molecule has 12 rings (SSSR count). The van der Waals surface area contributed by atoms with Gasteiger partial charge in [0.1, 0.15) is 37.4 Å². The van der Waals surface area contributed by atoms with E-state index in [1.807, 2.05) is 24.5 Å². The maximum absolute atomic E-state index is 7.01. The summed E-state index contributed by atoms with van der Waals surface area (Å²) in [5.41, 5.74) is 7.44. The Balaban J connectivity index is 1.10. The maximum Gasteiger partial charge on any atom is 0.135 e. The molecule has 0 aliphatic carbocycles. The fourth-order valence-electron chi connectivity index (χ4n) is 12.9. The van der Waals surface area contributed by atoms with Crippen LogP contribution in [0.2, 0.25) is 0 Å². The number of fused-ring (bicyclic) bond motifs is 9. The van der Waals surface area contributed by atoms with E-state index in [4.69, 9.17) is 19.4 Å². The van der Waals surface area contributed by atoms with Gasteiger partial charge in [0.05, 0.1) is 50.4 Å². The van der Waals surface area contributed by atoms with Crippen LogP contribution in [0.15, 0.2) is 160 Å². The SMILES string of the molecule is C=CCO[C@H](c1ccnc2ccccc12)C1CC2CC[N+]1(Cc1cc3ccccc3cc1C[N+]13CCC(CC1[C@H](OCC=C)c1ccnc4ccccc14)C(C=C)C3)CC2C=C. The minimum Gasteiger partial charge on any atom is -0.363 e. The summed E-state index contributed by atoms with van der Waals surface area (Å²) < 4.78 is 16.0. The summed E-state index contributed by atoms with van der Waals surface area (Å²) in [6, 6.07) is 36.2. The number of hydrogen-bond acceptors (Lipinski definition) is 4. The topological polar surface area (TPSA) is 44.2 Å². The molecule has 6 aliphatic heterocycles. The van der Waals surface area contributed by atoms with Gasteiger partial charge in [-0.05, 0) is 70.1 Å². The second-order valence-corrected chi connectivity index (χ2v) is 19.0. The third kappa shape index (κ3) is 7.25. The Morgan fingerprint density at radius 2 is 1.02 bits per heavy atom. The largest absolute Gasteiger partial charge is 0.363 e. The zero-order chi connectivity index (χ0) is 42.3. The van der Waals surface area contributed by atoms with Gasteiger partial charge in [-0.1, -0.05) is 85.0 Å². The standard InChI is InChI=1S/C56H62N4O2/c1-5-29-61-55(49-21-25-57-51-19-13-11-17-47(49)51)53-33-43-23-27-59(53,35-39(43)7-3)37-45-31-41-15-9-10-16-42(41)32-46(45)38-60-28-24-44(40(8-4)36-60)34-54(60)56(62-30-6-2)50-22-26-58-52-20-14-12-18-48(50)52/h5-22,25-26,31-32,39-40,43-44,53-56H,1-4,23-24,27-30,33-38H2/q+2/t39?,40?,43?,44?,53?,54?,55-,56-,59?,60?/m1/s1. The summed E-state index contributed by atoms with van der Waals surface area (Å²) in [7, 11) is 0. The Morgan fingerprint density at radius 1 is 0.581 bits per heavy atom. The molecule has 4 bridgehead atoms. The van der Waals surface area contributed by atoms with Gasteiger partial charge in [-0.2, -0.15) is 0 Å². The van der Waals surface area contributed by atoms with Gasteiger partial charge in [-0.25, -0.2) is 0 Å². The quantitative estimate of drug-likeness (QED) is 0.0720. The zero-order valence-corrected chi connectivity index (χ0v) is 36.2. The van der Waals surface area contributed by atoms with E-state index in [0.717, 1.165) is 72.1 Å². The summed E-state index contributed by atoms with van der Waals surface area (Å²) in [4.78, 5) is 9.57. The molecule has 2 aromatic heterocycles. The summed E-state index contributed by atoms with van der Waals surface area (Å²) >= 11 is 0. The van der Waals surface area contributed by atoms with Crippen molar-refractivity contribution in [3.05, 3.63) is 182 Å². The molecule has 0 radical (unpaired) electrons. The molecule has 6 aromatic rings. The lowest BCUT2D eigenvalue weighted by Gasteiger charge is -2.59. The first-order valence-electron chi connectivity index (χ1n) is 23.1. The number of pyridine rings is 2. The first-order valence-corrected chi connectivity index (χ1v) is 23.1. The molecule has 4 aromatic carbocycles. The molecule has 0 amide bonds. The van der Waals surface area contributed by atoms with E-state index < -0.39 is 0 Å². The van der Waals surface area contributed by atoms with Crippen LogP contribution in [0.1, 0.15) is 60.1 Å². The molecule has 0 spiro atoms. The van der Waals surface area contributed by atoms with E-state index in [9.17, 15) is 0 Å². The monoisotopic (exact) mass is 822 g/mol. The number of hydrogen-bond donors (Lipinski definition) is 0. The molecule has 62 heavy (non-hydrogen) atoms. The predicted octanol–water partition coefficient (Wildman–Crippen LogP) is 11.6. The second-order valence-electron chi connectivity index (χ2n) is 19.0. The lowest BCUT2D eigenvalue weighted by molar-refractivity contribution is -0.987. The van der Waals surface area contributed by atoms with Crippen LogP contribution >= 0.6 is 0 Å². The lowest BCUT2D eigenvalue weighted by Crippen LogP contribution is -2.68. The van der Waals surface area contributed by atoms with Gasteiger partial charge in [0.25, 0.3) is 0 Å². The number of quaternary nitrogens is 2. The van der Waals surface area contributed by atoms with Gasteiger partial charge >= 0.3 is 0 Å². The van der Waals surface area contributed by atoms with E-state index in [2.05, 4.69) is 136 Å². The first-order chi connectivity index (χ1) is 30.5. The van der Waals surface area contributed by atoms with Crippen LogP contribution in [-0.4, -0.2) is 70.4 Å². The Kier molecular flexibility index (Phi) is 11.3. The fourth-order valence-corrected chi connectivity index (χ4v) is 12.9. The lowest BCUT2D eigenvalue weighted by atomic mass is 9.70. The van der Waals surface area contributed by atoms with Crippen molar-refractivity contribution < 1.29 is 18.4 Å². The third-order valence-electron chi connectivity index (χ3n) is 15.9. The highest BCUT2D eigenvalue weighted by molar-refractivity contribution is 5.85. The van der Waals surface area contributed by atoms with Crippen LogP contribution in [0, 0.1) is 23.7 Å². The van der Waals surface area contributed by atoms with Crippen LogP contribution in [0.25, 0.3) is 32.6 Å². The van der Waals surface area contributed by atoms with E-state index in [0.29, 0.717) is 36.9 Å². The molecule has 6 fully saturated rings. The number of aromatic nitrogens is 2. The van der Waals surface area contributed by atoms with Crippen molar-refractivity contribution in [2.24, 2.45) is 23.7 Å². The van der Waals surface area contributed by atoms with Crippen molar-refractivity contribution in [2.45, 2.75) is 63.1 Å². The number of rotatable bonds is 16. The van der Waals surface area contributed by atoms with Crippen molar-refractivity contribution in [3.8, 4) is 0 Å². The van der Waals surface area contributed by atoms with Crippen molar-refractivity contribution in [3.63, 3.8) is 0 Å². The molecule has 6 saturated heterocycles. The van der Waals surface area contributed by atoms with Crippen molar-refractivity contribution in [1.82, 2.24) is 9.97 Å². The maximum atomic E-state index is 7.01. The van der Waals surface area contributed by atoms with Gasteiger partial charge in [0.15, 0.2) is 0 Å². The van der Waals surface area contributed by atoms with Crippen LogP contribution < -0.4 is 0 Å². The smallest absolute Gasteiger partial charge is 0.135 e. The number of para-hydroxylation sites is 2. The highest BCUT2D eigenvalue weighted by Gasteiger charge is 2.57. The Morgan fingerprint density at radius 3 is 1.45 bits per heavy atom. The third-order valence-corrected chi connectivity index (χ3v) is 15.9. The molecule has 0 saturated carbocycles. The summed E-state index contributed by atoms with van der Waals surface area (Å²) in [6.45, 7) is 24.4. The molecule has 0 N–H and O–H groups in total. The number of benzene rings is 4. The number of piperidine rings is 6. The van der Waals surface area contributed by atoms with Gasteiger partial charge in [0.2, 0.25) is 0 Å². The highest BCUT2D eigenvalue weighted by Crippen LogP contribution is 2.52. The molecule has 8 heterocycles. The molecule has 6 aliphatic rings. The molecular formula is C56H62N4O2+2. The summed E-state index contributed by atoms with van der Waals surface area (Å²) in [5, 5.41) is 4.97. The van der Waals surface area contributed by atoms with E-state index in [1.54, 1.807) is 0 Å². The van der Waals surface area contributed by atoms with Crippen LogP contribution in [0.3, 0.4) is 0 Å². The summed E-state index contributed by atoms with van der Waals surface area (Å²) in [5.74, 6) is 2.13. The Labute approximate surface area is 368 Å². The molecule has 6 heteroatoms. The van der Waals surface area contributed by atoms with Crippen molar-refractivity contribution in [2.75, 3.05) is 39.4 Å². The van der Waals surface area contributed by atoms with Crippen molar-refractivity contribution in [1.29, 1.82) is 0 Å². The normalized spacial score (nSPS) is 28.8. The van der Waals surface area contributed by atoms with Crippen LogP contribution in [0.4, 0.5) is 0 Å². The van der Waals surface area contributed by atoms with Crippen molar-refractivity contribution >= 4 is 32.6 Å². The Hall–Kier alpha value is -5.24. The molecule has 10 atom stereocenters. The van der Waals surface area contributed by atoms with Crippen LogP contribution in [0.5, 0.6) is 0 Å². The number of ether oxygens (including phenoxy) is 2. The average molecular weight is 823 g/mol. The molecule has 8 unspecified atom stereocenters. The van der Waals surface area contributed by atoms with Crippen LogP contribution in [-0.2, 0) is 22.6 Å². The summed E-state index contributed by atoms with van der Waals surface area (Å²) in [6.07, 6.45) is 16.7. The van der Waals surface area contributed by atoms with Gasteiger partial charge < -0.3 is 18.4 Å². The van der Waals surface area contributed by atoms with Gasteiger partial charge in [0, 0.05) is 71.8 Å². The highest BCUT2D eigenvalue weighted by atomic mass is 16.5. The molecule has 6 nitrogen and oxygen atoms in total. The van der Waals surface area contributed by atoms with Gasteiger partial charge in [-0.3, -0.25) is 9.97 Å².